The van der Waals surface area contributed by atoms with Crippen LogP contribution in [-0.4, -0.2) is 11.8 Å². The van der Waals surface area contributed by atoms with Crippen LogP contribution in [0.1, 0.15) is 5.56 Å². The van der Waals surface area contributed by atoms with Crippen molar-refractivity contribution in [3.05, 3.63) is 63.3 Å². The Labute approximate surface area is 141 Å². The Kier molecular flexibility index (Phi) is 6.51. The maximum Gasteiger partial charge on any atom is 0.123 e. The molecule has 2 nitrogen and oxygen atoms in total. The van der Waals surface area contributed by atoms with E-state index < -0.39 is 0 Å². The number of benzene rings is 2. The number of rotatable bonds is 6. The third kappa shape index (κ3) is 5.27. The van der Waals surface area contributed by atoms with Crippen molar-refractivity contribution in [2.75, 3.05) is 5.75 Å². The Bertz CT molecular complexity index is 612. The molecule has 3 N–H and O–H groups in total. The van der Waals surface area contributed by atoms with E-state index in [4.69, 9.17) is 17.4 Å². The molecule has 0 aliphatic rings. The van der Waals surface area contributed by atoms with Gasteiger partial charge in [0.1, 0.15) is 5.82 Å². The van der Waals surface area contributed by atoms with E-state index >= 15 is 0 Å². The van der Waals surface area contributed by atoms with Gasteiger partial charge in [-0.1, -0.05) is 33.6 Å². The summed E-state index contributed by atoms with van der Waals surface area (Å²) in [5.41, 5.74) is 3.68. The van der Waals surface area contributed by atoms with Gasteiger partial charge in [0.2, 0.25) is 0 Å². The molecule has 2 aromatic rings. The second-order valence-electron chi connectivity index (χ2n) is 4.57. The zero-order valence-corrected chi connectivity index (χ0v) is 14.3. The summed E-state index contributed by atoms with van der Waals surface area (Å²) >= 11 is 11.1. The number of hydrazine groups is 1. The summed E-state index contributed by atoms with van der Waals surface area (Å²) < 4.78 is 14.2. The van der Waals surface area contributed by atoms with Gasteiger partial charge in [0.05, 0.1) is 0 Å². The number of thioether (sulfide) groups is 1. The van der Waals surface area contributed by atoms with E-state index in [9.17, 15) is 4.39 Å². The molecule has 2 aromatic carbocycles. The molecule has 0 fully saturated rings. The molecule has 0 heterocycles. The second-order valence-corrected chi connectivity index (χ2v) is 6.96. The van der Waals surface area contributed by atoms with Crippen molar-refractivity contribution in [1.29, 1.82) is 0 Å². The molecule has 0 saturated carbocycles. The Hall–Kier alpha value is -0.590. The van der Waals surface area contributed by atoms with Crippen molar-refractivity contribution < 1.29 is 4.39 Å². The van der Waals surface area contributed by atoms with Crippen LogP contribution in [0, 0.1) is 5.82 Å². The monoisotopic (exact) mass is 388 g/mol. The largest absolute Gasteiger partial charge is 0.271 e. The fourth-order valence-corrected chi connectivity index (χ4v) is 3.54. The van der Waals surface area contributed by atoms with Gasteiger partial charge in [-0.15, -0.1) is 11.8 Å². The van der Waals surface area contributed by atoms with Crippen molar-refractivity contribution in [3.63, 3.8) is 0 Å². The molecule has 1 atom stereocenters. The summed E-state index contributed by atoms with van der Waals surface area (Å²) in [4.78, 5) is 1.08. The highest BCUT2D eigenvalue weighted by Gasteiger charge is 2.11. The zero-order valence-electron chi connectivity index (χ0n) is 11.2. The first-order chi connectivity index (χ1) is 10.1. The molecule has 0 saturated heterocycles. The van der Waals surface area contributed by atoms with Crippen molar-refractivity contribution in [2.45, 2.75) is 17.4 Å². The molecule has 6 heteroatoms. The minimum absolute atomic E-state index is 0.0343. The first-order valence-corrected chi connectivity index (χ1v) is 8.52. The standard InChI is InChI=1S/C15H15BrClFN2S/c16-15-5-4-12(18)6-10(15)7-13(20-19)9-21-14-3-1-2-11(17)8-14/h1-6,8,13,20H,7,9,19H2. The van der Waals surface area contributed by atoms with Crippen molar-refractivity contribution in [1.82, 2.24) is 5.43 Å². The van der Waals surface area contributed by atoms with E-state index in [2.05, 4.69) is 21.4 Å². The summed E-state index contributed by atoms with van der Waals surface area (Å²) in [6, 6.07) is 12.4. The van der Waals surface area contributed by atoms with Crippen LogP contribution in [0.2, 0.25) is 5.02 Å². The lowest BCUT2D eigenvalue weighted by atomic mass is 10.1. The molecule has 0 bridgehead atoms. The number of hydrogen-bond donors (Lipinski definition) is 2. The van der Waals surface area contributed by atoms with E-state index in [1.165, 1.54) is 12.1 Å². The molecule has 112 valence electrons. The number of nitrogens with one attached hydrogen (secondary N) is 1. The molecule has 0 aliphatic carbocycles. The molecule has 0 aliphatic heterocycles. The SMILES string of the molecule is NNC(CSc1cccc(Cl)c1)Cc1cc(F)ccc1Br. The summed E-state index contributed by atoms with van der Waals surface area (Å²) in [5.74, 6) is 6.12. The van der Waals surface area contributed by atoms with E-state index in [1.54, 1.807) is 17.8 Å². The zero-order chi connectivity index (χ0) is 15.2. The average Bonchev–Trinajstić information content (AvgIpc) is 2.47. The first-order valence-electron chi connectivity index (χ1n) is 6.37. The molecular formula is C15H15BrClFN2S. The lowest BCUT2D eigenvalue weighted by Gasteiger charge is -2.16. The highest BCUT2D eigenvalue weighted by atomic mass is 79.9. The molecule has 0 amide bonds. The van der Waals surface area contributed by atoms with E-state index in [0.717, 1.165) is 20.7 Å². The Balaban J connectivity index is 1.98. The van der Waals surface area contributed by atoms with E-state index in [-0.39, 0.29) is 11.9 Å². The van der Waals surface area contributed by atoms with Gasteiger partial charge in [-0.05, 0) is 48.4 Å². The molecule has 0 spiro atoms. The van der Waals surface area contributed by atoms with Crippen molar-refractivity contribution >= 4 is 39.3 Å². The minimum Gasteiger partial charge on any atom is -0.271 e. The van der Waals surface area contributed by atoms with Crippen LogP contribution in [-0.2, 0) is 6.42 Å². The summed E-state index contributed by atoms with van der Waals surface area (Å²) in [7, 11) is 0. The third-order valence-electron chi connectivity index (χ3n) is 2.96. The van der Waals surface area contributed by atoms with Crippen molar-refractivity contribution in [3.8, 4) is 0 Å². The highest BCUT2D eigenvalue weighted by Crippen LogP contribution is 2.24. The van der Waals surface area contributed by atoms with Gasteiger partial charge < -0.3 is 0 Å². The topological polar surface area (TPSA) is 38.0 Å². The quantitative estimate of drug-likeness (QED) is 0.437. The summed E-state index contributed by atoms with van der Waals surface area (Å²) in [6.07, 6.45) is 0.641. The van der Waals surface area contributed by atoms with Gasteiger partial charge in [-0.3, -0.25) is 11.3 Å². The van der Waals surface area contributed by atoms with Crippen LogP contribution in [0.15, 0.2) is 51.8 Å². The van der Waals surface area contributed by atoms with Crippen LogP contribution in [0.3, 0.4) is 0 Å². The minimum atomic E-state index is -0.244. The molecule has 1 unspecified atom stereocenters. The molecular weight excluding hydrogens is 375 g/mol. The van der Waals surface area contributed by atoms with E-state index in [1.807, 2.05) is 24.3 Å². The van der Waals surface area contributed by atoms with Crippen molar-refractivity contribution in [2.24, 2.45) is 5.84 Å². The molecule has 2 rings (SSSR count). The van der Waals surface area contributed by atoms with Gasteiger partial charge in [0.15, 0.2) is 0 Å². The third-order valence-corrected chi connectivity index (χ3v) is 5.12. The average molecular weight is 390 g/mol. The summed E-state index contributed by atoms with van der Waals surface area (Å²) in [5, 5.41) is 0.713. The van der Waals surface area contributed by atoms with Gasteiger partial charge in [-0.25, -0.2) is 4.39 Å². The van der Waals surface area contributed by atoms with Gasteiger partial charge >= 0.3 is 0 Å². The smallest absolute Gasteiger partial charge is 0.123 e. The second kappa shape index (κ2) is 8.15. The summed E-state index contributed by atoms with van der Waals surface area (Å²) in [6.45, 7) is 0. The Morgan fingerprint density at radius 3 is 2.81 bits per heavy atom. The lowest BCUT2D eigenvalue weighted by molar-refractivity contribution is 0.569. The van der Waals surface area contributed by atoms with Crippen LogP contribution < -0.4 is 11.3 Å². The lowest BCUT2D eigenvalue weighted by Crippen LogP contribution is -2.38. The Morgan fingerprint density at radius 2 is 2.10 bits per heavy atom. The number of hydrogen-bond acceptors (Lipinski definition) is 3. The predicted octanol–water partition coefficient (Wildman–Crippen LogP) is 4.41. The highest BCUT2D eigenvalue weighted by molar-refractivity contribution is 9.10. The normalized spacial score (nSPS) is 12.4. The van der Waals surface area contributed by atoms with Crippen LogP contribution in [0.25, 0.3) is 0 Å². The predicted molar refractivity (Wildman–Crippen MR) is 91.1 cm³/mol. The maximum absolute atomic E-state index is 13.3. The van der Waals surface area contributed by atoms with Crippen LogP contribution >= 0.6 is 39.3 Å². The number of halogens is 3. The van der Waals surface area contributed by atoms with Gasteiger partial charge in [0, 0.05) is 26.2 Å². The van der Waals surface area contributed by atoms with Gasteiger partial charge in [0.25, 0.3) is 0 Å². The maximum atomic E-state index is 13.3. The van der Waals surface area contributed by atoms with Gasteiger partial charge in [-0.2, -0.15) is 0 Å². The number of nitrogens with two attached hydrogens (primary N) is 1. The Morgan fingerprint density at radius 1 is 1.29 bits per heavy atom. The fourth-order valence-electron chi connectivity index (χ4n) is 1.88. The molecule has 21 heavy (non-hydrogen) atoms. The first kappa shape index (κ1) is 16.8. The van der Waals surface area contributed by atoms with E-state index in [0.29, 0.717) is 11.4 Å². The fraction of sp³-hybridized carbons (Fsp3) is 0.200. The molecule has 0 radical (unpaired) electrons. The molecule has 0 aromatic heterocycles. The van der Waals surface area contributed by atoms with Crippen LogP contribution in [0.4, 0.5) is 4.39 Å². The van der Waals surface area contributed by atoms with Crippen LogP contribution in [0.5, 0.6) is 0 Å².